The molecule has 0 spiro atoms. The van der Waals surface area contributed by atoms with Crippen LogP contribution in [0.15, 0.2) is 18.5 Å². The molecule has 0 aromatic carbocycles. The van der Waals surface area contributed by atoms with Crippen molar-refractivity contribution in [3.63, 3.8) is 0 Å². The van der Waals surface area contributed by atoms with E-state index in [1.165, 1.54) is 24.0 Å². The second-order valence-electron chi connectivity index (χ2n) is 6.27. The molecule has 0 amide bonds. The summed E-state index contributed by atoms with van der Waals surface area (Å²) in [6, 6.07) is 3.08. The third kappa shape index (κ3) is 1.54. The first-order valence-corrected chi connectivity index (χ1v) is 6.97. The lowest BCUT2D eigenvalue weighted by atomic mass is 10.0. The molecule has 1 heterocycles. The van der Waals surface area contributed by atoms with Crippen LogP contribution >= 0.6 is 0 Å². The number of hydrogen-bond acceptors (Lipinski definition) is 2. The van der Waals surface area contributed by atoms with E-state index >= 15 is 0 Å². The number of nitrogens with zero attached hydrogens (tertiary/aromatic N) is 1. The van der Waals surface area contributed by atoms with Gasteiger partial charge in [0.2, 0.25) is 0 Å². The average Bonchev–Trinajstić information content (AvgIpc) is 2.72. The lowest BCUT2D eigenvalue weighted by Crippen LogP contribution is -2.22. The fourth-order valence-corrected chi connectivity index (χ4v) is 4.55. The largest absolute Gasteiger partial charge is 0.309 e. The molecule has 3 saturated carbocycles. The van der Waals surface area contributed by atoms with E-state index in [0.29, 0.717) is 0 Å². The zero-order valence-corrected chi connectivity index (χ0v) is 10.4. The maximum absolute atomic E-state index is 4.26. The Morgan fingerprint density at radius 1 is 1.24 bits per heavy atom. The molecule has 3 aliphatic carbocycles. The van der Waals surface area contributed by atoms with Gasteiger partial charge < -0.3 is 5.32 Å². The van der Waals surface area contributed by atoms with E-state index in [9.17, 15) is 0 Å². The summed E-state index contributed by atoms with van der Waals surface area (Å²) in [4.78, 5) is 4.26. The summed E-state index contributed by atoms with van der Waals surface area (Å²) in [7, 11) is 0. The van der Waals surface area contributed by atoms with Gasteiger partial charge in [0.1, 0.15) is 0 Å². The van der Waals surface area contributed by atoms with Crippen LogP contribution in [0.4, 0.5) is 0 Å². The van der Waals surface area contributed by atoms with Crippen molar-refractivity contribution in [2.24, 2.45) is 23.7 Å². The van der Waals surface area contributed by atoms with Crippen LogP contribution < -0.4 is 5.32 Å². The van der Waals surface area contributed by atoms with Crippen LogP contribution in [0.5, 0.6) is 0 Å². The fourth-order valence-electron chi connectivity index (χ4n) is 4.55. The maximum Gasteiger partial charge on any atom is 0.0313 e. The molecule has 0 aliphatic heterocycles. The SMILES string of the molecule is Cc1cncc(CNC2C3C4CCC(C4)C23)c1. The van der Waals surface area contributed by atoms with E-state index in [2.05, 4.69) is 23.3 Å². The van der Waals surface area contributed by atoms with Gasteiger partial charge in [-0.3, -0.25) is 4.98 Å². The van der Waals surface area contributed by atoms with E-state index in [1.54, 1.807) is 6.42 Å². The van der Waals surface area contributed by atoms with Gasteiger partial charge in [-0.15, -0.1) is 0 Å². The van der Waals surface area contributed by atoms with Gasteiger partial charge >= 0.3 is 0 Å². The summed E-state index contributed by atoms with van der Waals surface area (Å²) in [6.07, 6.45) is 8.48. The van der Waals surface area contributed by atoms with Crippen molar-refractivity contribution in [3.05, 3.63) is 29.6 Å². The van der Waals surface area contributed by atoms with E-state index in [-0.39, 0.29) is 0 Å². The minimum Gasteiger partial charge on any atom is -0.309 e. The summed E-state index contributed by atoms with van der Waals surface area (Å²) < 4.78 is 0. The Kier molecular flexibility index (Phi) is 2.10. The molecule has 0 saturated heterocycles. The molecule has 4 atom stereocenters. The number of aromatic nitrogens is 1. The van der Waals surface area contributed by atoms with Crippen molar-refractivity contribution < 1.29 is 0 Å². The molecular formula is C15H20N2. The van der Waals surface area contributed by atoms with Crippen molar-refractivity contribution in [2.75, 3.05) is 0 Å². The van der Waals surface area contributed by atoms with Crippen LogP contribution in [0.2, 0.25) is 0 Å². The van der Waals surface area contributed by atoms with Crippen LogP contribution in [0.1, 0.15) is 30.4 Å². The smallest absolute Gasteiger partial charge is 0.0313 e. The first kappa shape index (κ1) is 10.1. The Balaban J connectivity index is 1.38. The molecule has 4 rings (SSSR count). The molecule has 1 aromatic rings. The highest BCUT2D eigenvalue weighted by atomic mass is 15.0. The monoisotopic (exact) mass is 228 g/mol. The summed E-state index contributed by atoms with van der Waals surface area (Å²) in [5.74, 6) is 4.20. The Hall–Kier alpha value is -0.890. The number of nitrogens with one attached hydrogen (secondary N) is 1. The Morgan fingerprint density at radius 3 is 2.71 bits per heavy atom. The zero-order chi connectivity index (χ0) is 11.4. The first-order valence-electron chi connectivity index (χ1n) is 6.97. The van der Waals surface area contributed by atoms with Gasteiger partial charge in [0.15, 0.2) is 0 Å². The standard InChI is InChI=1S/C15H20N2/c1-9-4-10(7-16-6-9)8-17-15-13-11-2-3-12(5-11)14(13)15/h4,6-7,11-15,17H,2-3,5,8H2,1H3. The second-order valence-corrected chi connectivity index (χ2v) is 6.27. The van der Waals surface area contributed by atoms with E-state index in [0.717, 1.165) is 36.3 Å². The zero-order valence-electron chi connectivity index (χ0n) is 10.4. The third-order valence-corrected chi connectivity index (χ3v) is 5.21. The number of rotatable bonds is 3. The van der Waals surface area contributed by atoms with Crippen molar-refractivity contribution in [1.29, 1.82) is 0 Å². The molecule has 17 heavy (non-hydrogen) atoms. The summed E-state index contributed by atoms with van der Waals surface area (Å²) in [5.41, 5.74) is 2.60. The Bertz CT molecular complexity index is 426. The minimum atomic E-state index is 0.835. The average molecular weight is 228 g/mol. The van der Waals surface area contributed by atoms with Crippen molar-refractivity contribution in [1.82, 2.24) is 10.3 Å². The third-order valence-electron chi connectivity index (χ3n) is 5.21. The quantitative estimate of drug-likeness (QED) is 0.860. The first-order chi connectivity index (χ1) is 8.33. The number of fused-ring (bicyclic) bond motifs is 5. The summed E-state index contributed by atoms with van der Waals surface area (Å²) in [6.45, 7) is 3.12. The van der Waals surface area contributed by atoms with Crippen molar-refractivity contribution >= 4 is 0 Å². The highest BCUT2D eigenvalue weighted by Crippen LogP contribution is 2.65. The van der Waals surface area contributed by atoms with Crippen LogP contribution in [0, 0.1) is 30.6 Å². The van der Waals surface area contributed by atoms with Gasteiger partial charge in [-0.1, -0.05) is 6.07 Å². The summed E-state index contributed by atoms with van der Waals surface area (Å²) in [5, 5.41) is 3.76. The van der Waals surface area contributed by atoms with Gasteiger partial charge in [-0.05, 0) is 61.0 Å². The topological polar surface area (TPSA) is 24.9 Å². The number of pyridine rings is 1. The molecule has 2 heteroatoms. The lowest BCUT2D eigenvalue weighted by molar-refractivity contribution is 0.456. The summed E-state index contributed by atoms with van der Waals surface area (Å²) >= 11 is 0. The Labute approximate surface area is 103 Å². The molecular weight excluding hydrogens is 208 g/mol. The van der Waals surface area contributed by atoms with Gasteiger partial charge in [0, 0.05) is 25.0 Å². The highest BCUT2D eigenvalue weighted by Gasteiger charge is 2.64. The van der Waals surface area contributed by atoms with Crippen LogP contribution in [0.3, 0.4) is 0 Å². The van der Waals surface area contributed by atoms with Gasteiger partial charge in [-0.2, -0.15) is 0 Å². The van der Waals surface area contributed by atoms with Gasteiger partial charge in [0.05, 0.1) is 0 Å². The molecule has 3 aliphatic rings. The normalized spacial score (nSPS) is 41.6. The minimum absolute atomic E-state index is 0.835. The van der Waals surface area contributed by atoms with Crippen molar-refractivity contribution in [3.8, 4) is 0 Å². The molecule has 2 bridgehead atoms. The van der Waals surface area contributed by atoms with Crippen LogP contribution in [-0.2, 0) is 6.54 Å². The molecule has 1 aromatic heterocycles. The predicted octanol–water partition coefficient (Wildman–Crippen LogP) is 2.52. The fraction of sp³-hybridized carbons (Fsp3) is 0.667. The molecule has 0 radical (unpaired) electrons. The van der Waals surface area contributed by atoms with Gasteiger partial charge in [0.25, 0.3) is 0 Å². The van der Waals surface area contributed by atoms with Gasteiger partial charge in [-0.25, -0.2) is 0 Å². The molecule has 2 nitrogen and oxygen atoms in total. The molecule has 1 N–H and O–H groups in total. The predicted molar refractivity (Wildman–Crippen MR) is 67.4 cm³/mol. The van der Waals surface area contributed by atoms with Crippen LogP contribution in [0.25, 0.3) is 0 Å². The van der Waals surface area contributed by atoms with Crippen LogP contribution in [-0.4, -0.2) is 11.0 Å². The number of aryl methyl sites for hydroxylation is 1. The molecule has 90 valence electrons. The van der Waals surface area contributed by atoms with E-state index < -0.39 is 0 Å². The maximum atomic E-state index is 4.26. The van der Waals surface area contributed by atoms with E-state index in [1.807, 2.05) is 12.4 Å². The Morgan fingerprint density at radius 2 is 2.00 bits per heavy atom. The number of hydrogen-bond donors (Lipinski definition) is 1. The second kappa shape index (κ2) is 3.55. The van der Waals surface area contributed by atoms with E-state index in [4.69, 9.17) is 0 Å². The highest BCUT2D eigenvalue weighted by molar-refractivity contribution is 5.20. The molecule has 4 unspecified atom stereocenters. The lowest BCUT2D eigenvalue weighted by Gasteiger charge is -2.10. The van der Waals surface area contributed by atoms with Crippen molar-refractivity contribution in [2.45, 2.75) is 38.8 Å². The molecule has 3 fully saturated rings.